The van der Waals surface area contributed by atoms with Crippen molar-refractivity contribution in [2.75, 3.05) is 0 Å². The Morgan fingerprint density at radius 2 is 2.05 bits per heavy atom. The molecule has 1 aliphatic rings. The summed E-state index contributed by atoms with van der Waals surface area (Å²) >= 11 is 3.64. The zero-order valence-corrected chi connectivity index (χ0v) is 13.6. The highest BCUT2D eigenvalue weighted by atomic mass is 79.9. The van der Waals surface area contributed by atoms with E-state index >= 15 is 0 Å². The van der Waals surface area contributed by atoms with Crippen molar-refractivity contribution >= 4 is 15.9 Å². The first-order valence-electron chi connectivity index (χ1n) is 7.02. The van der Waals surface area contributed by atoms with Crippen LogP contribution < -0.4 is 5.73 Å². The lowest BCUT2D eigenvalue weighted by molar-refractivity contribution is 0.360. The summed E-state index contributed by atoms with van der Waals surface area (Å²) in [5.41, 5.74) is 11.6. The van der Waals surface area contributed by atoms with Gasteiger partial charge in [0.15, 0.2) is 0 Å². The third-order valence-corrected chi connectivity index (χ3v) is 5.37. The van der Waals surface area contributed by atoms with Gasteiger partial charge in [-0.25, -0.2) is 0 Å². The van der Waals surface area contributed by atoms with Gasteiger partial charge >= 0.3 is 0 Å². The van der Waals surface area contributed by atoms with Crippen molar-refractivity contribution in [2.24, 2.45) is 12.8 Å². The first-order chi connectivity index (χ1) is 9.48. The van der Waals surface area contributed by atoms with E-state index in [0.717, 1.165) is 35.8 Å². The van der Waals surface area contributed by atoms with Gasteiger partial charge in [-0.3, -0.25) is 4.68 Å². The summed E-state index contributed by atoms with van der Waals surface area (Å²) in [6, 6.07) is 8.65. The second kappa shape index (κ2) is 5.01. The van der Waals surface area contributed by atoms with Gasteiger partial charge in [-0.05, 0) is 53.2 Å². The van der Waals surface area contributed by atoms with E-state index in [0.29, 0.717) is 0 Å². The molecular formula is C16H20BrN3. The molecular weight excluding hydrogens is 314 g/mol. The van der Waals surface area contributed by atoms with Crippen LogP contribution in [0.25, 0.3) is 0 Å². The monoisotopic (exact) mass is 333 g/mol. The van der Waals surface area contributed by atoms with Crippen LogP contribution in [-0.4, -0.2) is 15.3 Å². The maximum Gasteiger partial charge on any atom is 0.0738 e. The SMILES string of the molecule is Cc1nn(C)c(CC2(N)CCc3ccccc3C2)c1Br. The molecule has 1 atom stereocenters. The molecule has 1 aromatic heterocycles. The Morgan fingerprint density at radius 3 is 2.70 bits per heavy atom. The average Bonchev–Trinajstić information content (AvgIpc) is 2.65. The zero-order chi connectivity index (χ0) is 14.3. The molecule has 0 saturated carbocycles. The van der Waals surface area contributed by atoms with Crippen LogP contribution in [0.5, 0.6) is 0 Å². The number of aromatic nitrogens is 2. The largest absolute Gasteiger partial charge is 0.324 e. The summed E-state index contributed by atoms with van der Waals surface area (Å²) in [6.07, 6.45) is 3.90. The van der Waals surface area contributed by atoms with E-state index in [9.17, 15) is 0 Å². The molecule has 0 aliphatic heterocycles. The number of nitrogens with two attached hydrogens (primary N) is 1. The van der Waals surface area contributed by atoms with Crippen molar-refractivity contribution in [1.82, 2.24) is 9.78 Å². The minimum absolute atomic E-state index is 0.170. The highest BCUT2D eigenvalue weighted by Crippen LogP contribution is 2.32. The van der Waals surface area contributed by atoms with Gasteiger partial charge in [-0.2, -0.15) is 5.10 Å². The van der Waals surface area contributed by atoms with Gasteiger partial charge in [0, 0.05) is 19.0 Å². The van der Waals surface area contributed by atoms with E-state index in [4.69, 9.17) is 5.73 Å². The maximum absolute atomic E-state index is 6.69. The van der Waals surface area contributed by atoms with Gasteiger partial charge in [-0.15, -0.1) is 0 Å². The van der Waals surface area contributed by atoms with Gasteiger partial charge in [-0.1, -0.05) is 24.3 Å². The summed E-state index contributed by atoms with van der Waals surface area (Å²) in [5.74, 6) is 0. The van der Waals surface area contributed by atoms with Crippen molar-refractivity contribution in [3.05, 3.63) is 51.3 Å². The topological polar surface area (TPSA) is 43.8 Å². The molecule has 1 heterocycles. The number of aryl methyl sites for hydroxylation is 3. The molecule has 2 aromatic rings. The molecule has 1 aliphatic carbocycles. The predicted octanol–water partition coefficient (Wildman–Crippen LogP) is 2.92. The smallest absolute Gasteiger partial charge is 0.0738 e. The van der Waals surface area contributed by atoms with E-state index < -0.39 is 0 Å². The normalized spacial score (nSPS) is 21.8. The second-order valence-corrected chi connectivity index (χ2v) is 6.75. The average molecular weight is 334 g/mol. The van der Waals surface area contributed by atoms with Gasteiger partial charge in [0.2, 0.25) is 0 Å². The first kappa shape index (κ1) is 13.8. The van der Waals surface area contributed by atoms with Crippen molar-refractivity contribution < 1.29 is 0 Å². The first-order valence-corrected chi connectivity index (χ1v) is 7.81. The number of halogens is 1. The minimum atomic E-state index is -0.170. The predicted molar refractivity (Wildman–Crippen MR) is 84.7 cm³/mol. The van der Waals surface area contributed by atoms with Crippen LogP contribution in [0.4, 0.5) is 0 Å². The van der Waals surface area contributed by atoms with Gasteiger partial charge in [0.25, 0.3) is 0 Å². The number of hydrogen-bond acceptors (Lipinski definition) is 2. The molecule has 3 nitrogen and oxygen atoms in total. The number of fused-ring (bicyclic) bond motifs is 1. The molecule has 0 fully saturated rings. The van der Waals surface area contributed by atoms with E-state index in [1.165, 1.54) is 16.8 Å². The molecule has 2 N–H and O–H groups in total. The van der Waals surface area contributed by atoms with E-state index in [-0.39, 0.29) is 5.54 Å². The van der Waals surface area contributed by atoms with Crippen molar-refractivity contribution in [1.29, 1.82) is 0 Å². The molecule has 1 aromatic carbocycles. The summed E-state index contributed by atoms with van der Waals surface area (Å²) in [5, 5.41) is 4.47. The fraction of sp³-hybridized carbons (Fsp3) is 0.438. The van der Waals surface area contributed by atoms with Crippen LogP contribution >= 0.6 is 15.9 Å². The number of rotatable bonds is 2. The van der Waals surface area contributed by atoms with Gasteiger partial charge in [0.05, 0.1) is 15.9 Å². The van der Waals surface area contributed by atoms with E-state index in [2.05, 4.69) is 45.3 Å². The second-order valence-electron chi connectivity index (χ2n) is 5.95. The number of nitrogens with zero attached hydrogens (tertiary/aromatic N) is 2. The van der Waals surface area contributed by atoms with Crippen molar-refractivity contribution in [3.63, 3.8) is 0 Å². The van der Waals surface area contributed by atoms with Crippen LogP contribution in [0.3, 0.4) is 0 Å². The highest BCUT2D eigenvalue weighted by Gasteiger charge is 2.32. The lowest BCUT2D eigenvalue weighted by atomic mass is 9.76. The molecule has 0 spiro atoms. The Balaban J connectivity index is 1.88. The minimum Gasteiger partial charge on any atom is -0.324 e. The third kappa shape index (κ3) is 2.42. The Kier molecular flexibility index (Phi) is 3.46. The molecule has 106 valence electrons. The Labute approximate surface area is 128 Å². The maximum atomic E-state index is 6.69. The molecule has 0 bridgehead atoms. The van der Waals surface area contributed by atoms with Crippen LogP contribution in [0, 0.1) is 6.92 Å². The molecule has 4 heteroatoms. The van der Waals surface area contributed by atoms with E-state index in [1.807, 2.05) is 18.7 Å². The van der Waals surface area contributed by atoms with Crippen LogP contribution in [-0.2, 0) is 26.3 Å². The standard InChI is InChI=1S/C16H20BrN3/c1-11-15(17)14(20(2)19-11)10-16(18)8-7-12-5-3-4-6-13(12)9-16/h3-6H,7-10,18H2,1-2H3. The van der Waals surface area contributed by atoms with Crippen molar-refractivity contribution in [3.8, 4) is 0 Å². The molecule has 1 unspecified atom stereocenters. The fourth-order valence-electron chi connectivity index (χ4n) is 3.18. The van der Waals surface area contributed by atoms with Gasteiger partial charge in [0.1, 0.15) is 0 Å². The van der Waals surface area contributed by atoms with Crippen LogP contribution in [0.1, 0.15) is 28.9 Å². The van der Waals surface area contributed by atoms with Gasteiger partial charge < -0.3 is 5.73 Å². The number of hydrogen-bond donors (Lipinski definition) is 1. The number of benzene rings is 1. The van der Waals surface area contributed by atoms with E-state index in [1.54, 1.807) is 0 Å². The Hall–Kier alpha value is -1.13. The lowest BCUT2D eigenvalue weighted by Gasteiger charge is -2.35. The molecule has 0 radical (unpaired) electrons. The molecule has 0 saturated heterocycles. The summed E-state index contributed by atoms with van der Waals surface area (Å²) in [4.78, 5) is 0. The Morgan fingerprint density at radius 1 is 1.35 bits per heavy atom. The quantitative estimate of drug-likeness (QED) is 0.918. The van der Waals surface area contributed by atoms with Crippen molar-refractivity contribution in [2.45, 2.75) is 38.1 Å². The molecule has 0 amide bonds. The summed E-state index contributed by atoms with van der Waals surface area (Å²) in [6.45, 7) is 2.02. The highest BCUT2D eigenvalue weighted by molar-refractivity contribution is 9.10. The molecule has 3 rings (SSSR count). The fourth-order valence-corrected chi connectivity index (χ4v) is 3.66. The lowest BCUT2D eigenvalue weighted by Crippen LogP contribution is -2.47. The summed E-state index contributed by atoms with van der Waals surface area (Å²) < 4.78 is 3.05. The van der Waals surface area contributed by atoms with Crippen LogP contribution in [0.2, 0.25) is 0 Å². The summed E-state index contributed by atoms with van der Waals surface area (Å²) in [7, 11) is 1.99. The van der Waals surface area contributed by atoms with Crippen LogP contribution in [0.15, 0.2) is 28.7 Å². The Bertz CT molecular complexity index is 647. The molecule has 20 heavy (non-hydrogen) atoms. The zero-order valence-electron chi connectivity index (χ0n) is 12.0. The third-order valence-electron chi connectivity index (χ3n) is 4.33.